The van der Waals surface area contributed by atoms with Crippen molar-refractivity contribution in [3.05, 3.63) is 59.8 Å². The summed E-state index contributed by atoms with van der Waals surface area (Å²) in [6.07, 6.45) is 3.01. The lowest BCUT2D eigenvalue weighted by Gasteiger charge is -2.16. The van der Waals surface area contributed by atoms with Crippen LogP contribution in [0.3, 0.4) is 0 Å². The van der Waals surface area contributed by atoms with E-state index in [0.717, 1.165) is 31.6 Å². The Morgan fingerprint density at radius 3 is 2.86 bits per heavy atom. The van der Waals surface area contributed by atoms with Gasteiger partial charge >= 0.3 is 0 Å². The van der Waals surface area contributed by atoms with Gasteiger partial charge in [-0.25, -0.2) is 4.98 Å². The molecular weight excluding hydrogens is 284 g/mol. The monoisotopic (exact) mass is 302 g/mol. The van der Waals surface area contributed by atoms with Crippen molar-refractivity contribution < 1.29 is 4.74 Å². The molecule has 0 amide bonds. The van der Waals surface area contributed by atoms with Crippen LogP contribution in [0.25, 0.3) is 0 Å². The summed E-state index contributed by atoms with van der Waals surface area (Å²) in [4.78, 5) is 6.68. The lowest BCUT2D eigenvalue weighted by Crippen LogP contribution is -2.24. The van der Waals surface area contributed by atoms with Crippen molar-refractivity contribution in [2.75, 3.05) is 13.1 Å². The van der Waals surface area contributed by atoms with Gasteiger partial charge in [0.25, 0.3) is 0 Å². The number of pyridine rings is 1. The number of hydrogen-bond acceptors (Lipinski definition) is 3. The van der Waals surface area contributed by atoms with Gasteiger partial charge in [-0.3, -0.25) is 4.90 Å². The Kier molecular flexibility index (Phi) is 4.73. The third-order valence-corrected chi connectivity index (χ3v) is 4.03. The van der Waals surface area contributed by atoms with E-state index in [2.05, 4.69) is 40.2 Å². The third kappa shape index (κ3) is 3.96. The maximum atomic E-state index is 5.97. The molecule has 21 heavy (non-hydrogen) atoms. The zero-order valence-corrected chi connectivity index (χ0v) is 12.7. The average Bonchev–Trinajstić information content (AvgIpc) is 2.95. The van der Waals surface area contributed by atoms with E-state index < -0.39 is 0 Å². The normalized spacial score (nSPS) is 18.8. The molecular formula is C17H19ClN2O. The van der Waals surface area contributed by atoms with Gasteiger partial charge in [-0.05, 0) is 23.6 Å². The van der Waals surface area contributed by atoms with E-state index in [9.17, 15) is 0 Å². The van der Waals surface area contributed by atoms with E-state index in [4.69, 9.17) is 16.3 Å². The average molecular weight is 303 g/mol. The summed E-state index contributed by atoms with van der Waals surface area (Å²) in [5.74, 6) is 1.17. The van der Waals surface area contributed by atoms with Crippen molar-refractivity contribution >= 4 is 11.6 Å². The number of benzene rings is 1. The molecule has 1 unspecified atom stereocenters. The lowest BCUT2D eigenvalue weighted by atomic mass is 10.2. The number of aromatic nitrogens is 1. The summed E-state index contributed by atoms with van der Waals surface area (Å²) >= 11 is 5.84. The molecule has 1 fully saturated rings. The summed E-state index contributed by atoms with van der Waals surface area (Å²) in [6.45, 7) is 2.99. The second kappa shape index (κ2) is 6.92. The van der Waals surface area contributed by atoms with E-state index in [0.29, 0.717) is 11.8 Å². The van der Waals surface area contributed by atoms with Crippen LogP contribution in [0.15, 0.2) is 48.7 Å². The van der Waals surface area contributed by atoms with Gasteiger partial charge in [0.05, 0.1) is 0 Å². The van der Waals surface area contributed by atoms with Gasteiger partial charge in [0.15, 0.2) is 0 Å². The molecule has 1 saturated heterocycles. The Morgan fingerprint density at radius 1 is 1.19 bits per heavy atom. The first kappa shape index (κ1) is 14.4. The summed E-state index contributed by atoms with van der Waals surface area (Å²) in [7, 11) is 0. The van der Waals surface area contributed by atoms with Crippen LogP contribution in [0.1, 0.15) is 17.5 Å². The van der Waals surface area contributed by atoms with Crippen molar-refractivity contribution in [3.63, 3.8) is 0 Å². The van der Waals surface area contributed by atoms with Crippen LogP contribution in [0.5, 0.6) is 5.88 Å². The van der Waals surface area contributed by atoms with Crippen LogP contribution in [0.2, 0.25) is 0 Å². The lowest BCUT2D eigenvalue weighted by molar-refractivity contribution is 0.191. The molecule has 0 radical (unpaired) electrons. The fourth-order valence-electron chi connectivity index (χ4n) is 2.65. The van der Waals surface area contributed by atoms with Crippen molar-refractivity contribution in [1.82, 2.24) is 9.88 Å². The Balaban J connectivity index is 1.54. The molecule has 0 N–H and O–H groups in total. The molecule has 3 rings (SSSR count). The summed E-state index contributed by atoms with van der Waals surface area (Å²) < 4.78 is 5.97. The van der Waals surface area contributed by atoms with E-state index in [1.807, 2.05) is 12.1 Å². The topological polar surface area (TPSA) is 25.4 Å². The van der Waals surface area contributed by atoms with Crippen molar-refractivity contribution in [2.45, 2.75) is 24.9 Å². The van der Waals surface area contributed by atoms with Crippen molar-refractivity contribution in [3.8, 4) is 5.88 Å². The Labute approximate surface area is 130 Å². The minimum absolute atomic E-state index is 0.215. The highest BCUT2D eigenvalue weighted by molar-refractivity contribution is 6.17. The largest absolute Gasteiger partial charge is 0.473 e. The molecule has 3 nitrogen and oxygen atoms in total. The first-order chi connectivity index (χ1) is 10.3. The van der Waals surface area contributed by atoms with E-state index in [1.54, 1.807) is 6.20 Å². The number of ether oxygens (including phenoxy) is 1. The van der Waals surface area contributed by atoms with Crippen molar-refractivity contribution in [2.24, 2.45) is 0 Å². The maximum Gasteiger partial charge on any atom is 0.213 e. The molecule has 1 aliphatic rings. The van der Waals surface area contributed by atoms with Gasteiger partial charge in [0, 0.05) is 37.8 Å². The molecule has 2 aromatic rings. The van der Waals surface area contributed by atoms with Gasteiger partial charge in [-0.1, -0.05) is 30.3 Å². The Hall–Kier alpha value is -1.58. The van der Waals surface area contributed by atoms with Crippen LogP contribution in [0.4, 0.5) is 0 Å². The summed E-state index contributed by atoms with van der Waals surface area (Å²) in [5, 5.41) is 0. The quantitative estimate of drug-likeness (QED) is 0.791. The molecule has 1 aliphatic heterocycles. The van der Waals surface area contributed by atoms with Gasteiger partial charge in [0.1, 0.15) is 6.10 Å². The van der Waals surface area contributed by atoms with Crippen LogP contribution in [-0.2, 0) is 12.4 Å². The molecule has 1 aromatic carbocycles. The van der Waals surface area contributed by atoms with Crippen LogP contribution in [-0.4, -0.2) is 29.1 Å². The smallest absolute Gasteiger partial charge is 0.213 e. The predicted molar refractivity (Wildman–Crippen MR) is 84.5 cm³/mol. The SMILES string of the molecule is ClCc1ccnc(OC2CCN(Cc3ccccc3)C2)c1. The second-order valence-corrected chi connectivity index (χ2v) is 5.65. The summed E-state index contributed by atoms with van der Waals surface area (Å²) in [6, 6.07) is 14.4. The molecule has 0 aliphatic carbocycles. The van der Waals surface area contributed by atoms with E-state index in [-0.39, 0.29) is 6.10 Å². The van der Waals surface area contributed by atoms with Crippen LogP contribution >= 0.6 is 11.6 Å². The molecule has 0 bridgehead atoms. The first-order valence-electron chi connectivity index (χ1n) is 7.27. The van der Waals surface area contributed by atoms with E-state index in [1.165, 1.54) is 5.56 Å². The summed E-state index contributed by atoms with van der Waals surface area (Å²) in [5.41, 5.74) is 2.39. The van der Waals surface area contributed by atoms with Crippen LogP contribution < -0.4 is 4.74 Å². The Bertz CT molecular complexity index is 576. The highest BCUT2D eigenvalue weighted by atomic mass is 35.5. The zero-order chi connectivity index (χ0) is 14.5. The molecule has 1 atom stereocenters. The highest BCUT2D eigenvalue weighted by Gasteiger charge is 2.24. The van der Waals surface area contributed by atoms with Gasteiger partial charge in [-0.2, -0.15) is 0 Å². The second-order valence-electron chi connectivity index (χ2n) is 5.39. The van der Waals surface area contributed by atoms with Gasteiger partial charge < -0.3 is 4.74 Å². The number of hydrogen-bond donors (Lipinski definition) is 0. The number of alkyl halides is 1. The fraction of sp³-hybridized carbons (Fsp3) is 0.353. The third-order valence-electron chi connectivity index (χ3n) is 3.72. The number of likely N-dealkylation sites (tertiary alicyclic amines) is 1. The fourth-order valence-corrected chi connectivity index (χ4v) is 2.81. The molecule has 1 aromatic heterocycles. The molecule has 0 spiro atoms. The van der Waals surface area contributed by atoms with Crippen molar-refractivity contribution in [1.29, 1.82) is 0 Å². The number of rotatable bonds is 5. The first-order valence-corrected chi connectivity index (χ1v) is 7.81. The predicted octanol–water partition coefficient (Wildman–Crippen LogP) is 3.47. The standard InChI is InChI=1S/C17H19ClN2O/c18-11-15-6-8-19-17(10-15)21-16-7-9-20(13-16)12-14-4-2-1-3-5-14/h1-6,8,10,16H,7,9,11-13H2. The number of halogens is 1. The maximum absolute atomic E-state index is 5.97. The van der Waals surface area contributed by atoms with Gasteiger partial charge in [0.2, 0.25) is 5.88 Å². The molecule has 0 saturated carbocycles. The number of nitrogens with zero attached hydrogens (tertiary/aromatic N) is 2. The van der Waals surface area contributed by atoms with E-state index >= 15 is 0 Å². The minimum Gasteiger partial charge on any atom is -0.473 e. The molecule has 4 heteroatoms. The van der Waals surface area contributed by atoms with Crippen LogP contribution in [0, 0.1) is 0 Å². The highest BCUT2D eigenvalue weighted by Crippen LogP contribution is 2.19. The molecule has 2 heterocycles. The Morgan fingerprint density at radius 2 is 2.05 bits per heavy atom. The zero-order valence-electron chi connectivity index (χ0n) is 11.9. The molecule has 110 valence electrons. The minimum atomic E-state index is 0.215. The van der Waals surface area contributed by atoms with Gasteiger partial charge in [-0.15, -0.1) is 11.6 Å².